The molecule has 6 nitrogen and oxygen atoms in total. The molecule has 6 heteroatoms. The fourth-order valence-electron chi connectivity index (χ4n) is 1.88. The normalized spacial score (nSPS) is 11.1. The minimum absolute atomic E-state index is 0.729. The Balaban J connectivity index is 1.76. The van der Waals surface area contributed by atoms with Gasteiger partial charge in [-0.25, -0.2) is 4.98 Å². The zero-order chi connectivity index (χ0) is 13.5. The zero-order valence-electron chi connectivity index (χ0n) is 11.5. The number of aromatic nitrogens is 4. The Labute approximate surface area is 113 Å². The van der Waals surface area contributed by atoms with Crippen LogP contribution in [0, 0.1) is 0 Å². The highest BCUT2D eigenvalue weighted by atomic mass is 16.5. The van der Waals surface area contributed by atoms with Gasteiger partial charge in [0.15, 0.2) is 0 Å². The largest absolute Gasteiger partial charge is 0.383 e. The highest BCUT2D eigenvalue weighted by molar-refractivity contribution is 5.03. The van der Waals surface area contributed by atoms with Gasteiger partial charge >= 0.3 is 0 Å². The van der Waals surface area contributed by atoms with E-state index in [1.807, 2.05) is 34.9 Å². The smallest absolute Gasteiger partial charge is 0.110 e. The molecule has 1 N–H and O–H groups in total. The van der Waals surface area contributed by atoms with E-state index in [9.17, 15) is 0 Å². The zero-order valence-corrected chi connectivity index (χ0v) is 11.5. The molecular weight excluding hydrogens is 242 g/mol. The van der Waals surface area contributed by atoms with Crippen LogP contribution in [0.3, 0.4) is 0 Å². The molecule has 0 saturated heterocycles. The van der Waals surface area contributed by atoms with Crippen LogP contribution >= 0.6 is 0 Å². The number of methoxy groups -OCH3 is 1. The van der Waals surface area contributed by atoms with E-state index in [4.69, 9.17) is 4.74 Å². The molecule has 0 saturated carbocycles. The van der Waals surface area contributed by atoms with Gasteiger partial charge in [-0.15, -0.1) is 0 Å². The van der Waals surface area contributed by atoms with Crippen molar-refractivity contribution in [2.24, 2.45) is 7.05 Å². The summed E-state index contributed by atoms with van der Waals surface area (Å²) < 4.78 is 8.98. The SMILES string of the molecule is COCCNCc1cnn(CCc2nccn2C)c1. The van der Waals surface area contributed by atoms with Gasteiger partial charge in [0, 0.05) is 64.4 Å². The van der Waals surface area contributed by atoms with Crippen molar-refractivity contribution in [3.63, 3.8) is 0 Å². The summed E-state index contributed by atoms with van der Waals surface area (Å²) >= 11 is 0. The summed E-state index contributed by atoms with van der Waals surface area (Å²) in [6.45, 7) is 3.26. The molecule has 0 bridgehead atoms. The molecule has 2 heterocycles. The van der Waals surface area contributed by atoms with Crippen LogP contribution in [0.5, 0.6) is 0 Å². The molecule has 0 aliphatic heterocycles. The van der Waals surface area contributed by atoms with Crippen LogP contribution in [0.2, 0.25) is 0 Å². The van der Waals surface area contributed by atoms with Crippen LogP contribution in [0.4, 0.5) is 0 Å². The van der Waals surface area contributed by atoms with Crippen LogP contribution in [0.15, 0.2) is 24.8 Å². The van der Waals surface area contributed by atoms with Crippen molar-refractivity contribution in [3.05, 3.63) is 36.2 Å². The molecule has 0 aliphatic rings. The van der Waals surface area contributed by atoms with E-state index >= 15 is 0 Å². The fourth-order valence-corrected chi connectivity index (χ4v) is 1.88. The monoisotopic (exact) mass is 263 g/mol. The molecule has 0 aromatic carbocycles. The Morgan fingerprint density at radius 1 is 1.42 bits per heavy atom. The van der Waals surface area contributed by atoms with Gasteiger partial charge in [0.2, 0.25) is 0 Å². The Morgan fingerprint density at radius 2 is 2.32 bits per heavy atom. The molecule has 0 spiro atoms. The van der Waals surface area contributed by atoms with Gasteiger partial charge in [-0.05, 0) is 0 Å². The number of nitrogens with zero attached hydrogens (tertiary/aromatic N) is 4. The second-order valence-electron chi connectivity index (χ2n) is 4.49. The topological polar surface area (TPSA) is 56.9 Å². The van der Waals surface area contributed by atoms with Crippen molar-refractivity contribution in [2.45, 2.75) is 19.5 Å². The van der Waals surface area contributed by atoms with Gasteiger partial charge < -0.3 is 14.6 Å². The second kappa shape index (κ2) is 7.06. The van der Waals surface area contributed by atoms with Gasteiger partial charge in [0.25, 0.3) is 0 Å². The quantitative estimate of drug-likeness (QED) is 0.708. The molecular formula is C13H21N5O. The molecule has 0 unspecified atom stereocenters. The molecule has 19 heavy (non-hydrogen) atoms. The highest BCUT2D eigenvalue weighted by Crippen LogP contribution is 2.01. The van der Waals surface area contributed by atoms with E-state index in [1.54, 1.807) is 7.11 Å². The lowest BCUT2D eigenvalue weighted by molar-refractivity contribution is 0.199. The van der Waals surface area contributed by atoms with Gasteiger partial charge in [-0.1, -0.05) is 0 Å². The first-order chi connectivity index (χ1) is 9.29. The van der Waals surface area contributed by atoms with E-state index in [-0.39, 0.29) is 0 Å². The Bertz CT molecular complexity index is 491. The molecule has 2 rings (SSSR count). The number of ether oxygens (including phenoxy) is 1. The Kier molecular flexibility index (Phi) is 5.11. The number of nitrogens with one attached hydrogen (secondary N) is 1. The van der Waals surface area contributed by atoms with Crippen molar-refractivity contribution in [1.29, 1.82) is 0 Å². The third-order valence-corrected chi connectivity index (χ3v) is 2.98. The molecule has 0 aliphatic carbocycles. The highest BCUT2D eigenvalue weighted by Gasteiger charge is 2.02. The van der Waals surface area contributed by atoms with Crippen LogP contribution in [-0.4, -0.2) is 39.6 Å². The maximum absolute atomic E-state index is 4.98. The summed E-state index contributed by atoms with van der Waals surface area (Å²) in [4.78, 5) is 4.30. The van der Waals surface area contributed by atoms with E-state index in [2.05, 4.69) is 21.6 Å². The molecule has 0 radical (unpaired) electrons. The van der Waals surface area contributed by atoms with Crippen molar-refractivity contribution in [1.82, 2.24) is 24.6 Å². The predicted molar refractivity (Wildman–Crippen MR) is 72.7 cm³/mol. The molecule has 0 amide bonds. The fraction of sp³-hybridized carbons (Fsp3) is 0.538. The number of rotatable bonds is 8. The number of hydrogen-bond donors (Lipinski definition) is 1. The van der Waals surface area contributed by atoms with Gasteiger partial charge in [0.05, 0.1) is 12.8 Å². The van der Waals surface area contributed by atoms with E-state index < -0.39 is 0 Å². The minimum Gasteiger partial charge on any atom is -0.383 e. The summed E-state index contributed by atoms with van der Waals surface area (Å²) in [6, 6.07) is 0. The van der Waals surface area contributed by atoms with Crippen LogP contribution < -0.4 is 5.32 Å². The number of imidazole rings is 1. The number of aryl methyl sites for hydroxylation is 3. The Morgan fingerprint density at radius 3 is 3.05 bits per heavy atom. The maximum Gasteiger partial charge on any atom is 0.110 e. The molecule has 2 aromatic heterocycles. The first-order valence-electron chi connectivity index (χ1n) is 6.47. The van der Waals surface area contributed by atoms with Crippen molar-refractivity contribution >= 4 is 0 Å². The first kappa shape index (κ1) is 13.8. The first-order valence-corrected chi connectivity index (χ1v) is 6.47. The third kappa shape index (κ3) is 4.18. The lowest BCUT2D eigenvalue weighted by Crippen LogP contribution is -2.18. The average molecular weight is 263 g/mol. The van der Waals surface area contributed by atoms with Crippen LogP contribution in [0.25, 0.3) is 0 Å². The summed E-state index contributed by atoms with van der Waals surface area (Å²) in [5, 5.41) is 7.65. The summed E-state index contributed by atoms with van der Waals surface area (Å²) in [6.07, 6.45) is 8.65. The number of hydrogen-bond acceptors (Lipinski definition) is 4. The molecule has 0 fully saturated rings. The maximum atomic E-state index is 4.98. The van der Waals surface area contributed by atoms with Crippen LogP contribution in [0.1, 0.15) is 11.4 Å². The summed E-state index contributed by atoms with van der Waals surface area (Å²) in [5.41, 5.74) is 1.19. The lowest BCUT2D eigenvalue weighted by Gasteiger charge is -2.02. The summed E-state index contributed by atoms with van der Waals surface area (Å²) in [5.74, 6) is 1.08. The minimum atomic E-state index is 0.729. The van der Waals surface area contributed by atoms with Crippen LogP contribution in [-0.2, 0) is 31.3 Å². The average Bonchev–Trinajstić information content (AvgIpc) is 3.01. The van der Waals surface area contributed by atoms with Gasteiger partial charge in [-0.2, -0.15) is 5.10 Å². The van der Waals surface area contributed by atoms with Crippen molar-refractivity contribution < 1.29 is 4.74 Å². The second-order valence-corrected chi connectivity index (χ2v) is 4.49. The van der Waals surface area contributed by atoms with E-state index in [0.717, 1.165) is 38.5 Å². The van der Waals surface area contributed by atoms with Crippen molar-refractivity contribution in [2.75, 3.05) is 20.3 Å². The predicted octanol–water partition coefficient (Wildman–Crippen LogP) is 0.595. The standard InChI is InChI=1S/C13H21N5O/c1-17-7-4-15-13(17)3-6-18-11-12(10-16-18)9-14-5-8-19-2/h4,7,10-11,14H,3,5-6,8-9H2,1-2H3. The molecule has 0 atom stereocenters. The Hall–Kier alpha value is -1.66. The van der Waals surface area contributed by atoms with Gasteiger partial charge in [0.1, 0.15) is 5.82 Å². The van der Waals surface area contributed by atoms with Gasteiger partial charge in [-0.3, -0.25) is 4.68 Å². The lowest BCUT2D eigenvalue weighted by atomic mass is 10.3. The van der Waals surface area contributed by atoms with E-state index in [1.165, 1.54) is 5.56 Å². The molecule has 2 aromatic rings. The summed E-state index contributed by atoms with van der Waals surface area (Å²) in [7, 11) is 3.72. The van der Waals surface area contributed by atoms with E-state index in [0.29, 0.717) is 0 Å². The third-order valence-electron chi connectivity index (χ3n) is 2.98. The molecule has 104 valence electrons. The van der Waals surface area contributed by atoms with Crippen molar-refractivity contribution in [3.8, 4) is 0 Å².